The first-order valence-electron chi connectivity index (χ1n) is 6.53. The summed E-state index contributed by atoms with van der Waals surface area (Å²) in [5, 5.41) is 8.48. The zero-order valence-corrected chi connectivity index (χ0v) is 12.0. The van der Waals surface area contributed by atoms with Crippen LogP contribution < -0.4 is 4.74 Å². The Morgan fingerprint density at radius 1 is 1.05 bits per heavy atom. The van der Waals surface area contributed by atoms with E-state index < -0.39 is 5.97 Å². The van der Waals surface area contributed by atoms with Crippen molar-refractivity contribution in [1.29, 1.82) is 0 Å². The van der Waals surface area contributed by atoms with Gasteiger partial charge in [-0.15, -0.1) is 0 Å². The predicted octanol–water partition coefficient (Wildman–Crippen LogP) is 4.81. The molecule has 0 aliphatic rings. The lowest BCUT2D eigenvalue weighted by Gasteiger charge is -2.07. The average molecular weight is 280 g/mol. The first-order chi connectivity index (χ1) is 10.1. The van der Waals surface area contributed by atoms with Gasteiger partial charge in [-0.25, -0.2) is 4.79 Å². The molecular formula is C17H16N2O2. The molecule has 0 heterocycles. The molecular weight excluding hydrogens is 264 g/mol. The monoisotopic (exact) mass is 280 g/mol. The quantitative estimate of drug-likeness (QED) is 0.349. The second-order valence-corrected chi connectivity index (χ2v) is 4.51. The number of hydrogen-bond donors (Lipinski definition) is 0. The molecule has 0 saturated carbocycles. The smallest absolute Gasteiger partial charge is 0.335 e. The highest BCUT2D eigenvalue weighted by Crippen LogP contribution is 2.29. The molecule has 0 bridgehead atoms. The summed E-state index contributed by atoms with van der Waals surface area (Å²) < 4.78 is 5.15. The van der Waals surface area contributed by atoms with E-state index in [-0.39, 0.29) is 0 Å². The van der Waals surface area contributed by atoms with E-state index in [4.69, 9.17) is 4.74 Å². The Labute approximate surface area is 123 Å². The van der Waals surface area contributed by atoms with Crippen LogP contribution in [0.3, 0.4) is 0 Å². The highest BCUT2D eigenvalue weighted by molar-refractivity contribution is 5.83. The molecule has 0 fully saturated rings. The van der Waals surface area contributed by atoms with Gasteiger partial charge in [-0.1, -0.05) is 30.8 Å². The van der Waals surface area contributed by atoms with Crippen molar-refractivity contribution in [3.8, 4) is 5.75 Å². The van der Waals surface area contributed by atoms with Crippen molar-refractivity contribution in [2.45, 2.75) is 13.8 Å². The van der Waals surface area contributed by atoms with Crippen LogP contribution in [0.4, 0.5) is 11.4 Å². The third kappa shape index (κ3) is 3.63. The first-order valence-corrected chi connectivity index (χ1v) is 6.53. The van der Waals surface area contributed by atoms with Crippen molar-refractivity contribution in [3.05, 3.63) is 66.2 Å². The summed E-state index contributed by atoms with van der Waals surface area (Å²) in [4.78, 5) is 11.3. The van der Waals surface area contributed by atoms with E-state index in [1.54, 1.807) is 12.1 Å². The minimum absolute atomic E-state index is 0.459. The Morgan fingerprint density at radius 2 is 1.71 bits per heavy atom. The molecule has 0 spiro atoms. The summed E-state index contributed by atoms with van der Waals surface area (Å²) in [5.41, 5.74) is 3.27. The maximum Gasteiger partial charge on any atom is 0.335 e. The summed E-state index contributed by atoms with van der Waals surface area (Å²) >= 11 is 0. The number of benzene rings is 2. The molecule has 21 heavy (non-hydrogen) atoms. The van der Waals surface area contributed by atoms with E-state index in [1.165, 1.54) is 0 Å². The molecule has 2 aromatic rings. The molecule has 0 radical (unpaired) electrons. The van der Waals surface area contributed by atoms with Gasteiger partial charge in [0.15, 0.2) is 0 Å². The van der Waals surface area contributed by atoms with Crippen LogP contribution in [-0.4, -0.2) is 5.97 Å². The molecule has 4 heteroatoms. The molecule has 0 amide bonds. The van der Waals surface area contributed by atoms with Gasteiger partial charge in [-0.05, 0) is 37.6 Å². The standard InChI is InChI=1S/C17H16N2O2/c1-4-17(20)21-16-11-7-10-15(13(16)3)19-18-14-9-6-5-8-12(14)2/h4-11H,1H2,2-3H3. The first kappa shape index (κ1) is 14.7. The van der Waals surface area contributed by atoms with Crippen molar-refractivity contribution in [2.75, 3.05) is 0 Å². The highest BCUT2D eigenvalue weighted by Gasteiger charge is 2.07. The fourth-order valence-corrected chi connectivity index (χ4v) is 1.76. The number of aryl methyl sites for hydroxylation is 1. The number of hydrogen-bond acceptors (Lipinski definition) is 4. The fourth-order valence-electron chi connectivity index (χ4n) is 1.76. The lowest BCUT2D eigenvalue weighted by Crippen LogP contribution is -2.04. The van der Waals surface area contributed by atoms with Crippen molar-refractivity contribution >= 4 is 17.3 Å². The Bertz CT molecular complexity index is 706. The molecule has 0 saturated heterocycles. The molecule has 0 aliphatic heterocycles. The van der Waals surface area contributed by atoms with Crippen LogP contribution in [0.15, 0.2) is 65.3 Å². The van der Waals surface area contributed by atoms with Crippen LogP contribution in [0, 0.1) is 13.8 Å². The van der Waals surface area contributed by atoms with Gasteiger partial charge in [-0.3, -0.25) is 0 Å². The van der Waals surface area contributed by atoms with Crippen molar-refractivity contribution in [2.24, 2.45) is 10.2 Å². The number of azo groups is 1. The maximum atomic E-state index is 11.3. The van der Waals surface area contributed by atoms with Crippen LogP contribution >= 0.6 is 0 Å². The van der Waals surface area contributed by atoms with Gasteiger partial charge < -0.3 is 4.74 Å². The Hall–Kier alpha value is -2.75. The third-order valence-electron chi connectivity index (χ3n) is 3.01. The molecule has 4 nitrogen and oxygen atoms in total. The number of esters is 1. The predicted molar refractivity (Wildman–Crippen MR) is 82.4 cm³/mol. The van der Waals surface area contributed by atoms with E-state index in [1.807, 2.05) is 44.2 Å². The molecule has 0 N–H and O–H groups in total. The van der Waals surface area contributed by atoms with E-state index in [9.17, 15) is 4.79 Å². The Morgan fingerprint density at radius 3 is 2.43 bits per heavy atom. The lowest BCUT2D eigenvalue weighted by molar-refractivity contribution is -0.129. The lowest BCUT2D eigenvalue weighted by atomic mass is 10.2. The molecule has 2 aromatic carbocycles. The molecule has 0 aromatic heterocycles. The van der Waals surface area contributed by atoms with Crippen LogP contribution in [-0.2, 0) is 4.79 Å². The van der Waals surface area contributed by atoms with E-state index in [0.29, 0.717) is 11.4 Å². The summed E-state index contributed by atoms with van der Waals surface area (Å²) in [5.74, 6) is -0.0350. The average Bonchev–Trinajstić information content (AvgIpc) is 2.49. The topological polar surface area (TPSA) is 51.0 Å². The normalized spacial score (nSPS) is 10.6. The van der Waals surface area contributed by atoms with Gasteiger partial charge >= 0.3 is 5.97 Å². The van der Waals surface area contributed by atoms with E-state index in [0.717, 1.165) is 22.9 Å². The van der Waals surface area contributed by atoms with Crippen LogP contribution in [0.25, 0.3) is 0 Å². The van der Waals surface area contributed by atoms with Crippen LogP contribution in [0.2, 0.25) is 0 Å². The number of rotatable bonds is 4. The van der Waals surface area contributed by atoms with Gasteiger partial charge in [0, 0.05) is 11.6 Å². The zero-order valence-electron chi connectivity index (χ0n) is 12.0. The second-order valence-electron chi connectivity index (χ2n) is 4.51. The number of carbonyl (C=O) groups is 1. The minimum atomic E-state index is -0.494. The fraction of sp³-hybridized carbons (Fsp3) is 0.118. The number of carbonyl (C=O) groups excluding carboxylic acids is 1. The van der Waals surface area contributed by atoms with Gasteiger partial charge in [0.1, 0.15) is 5.75 Å². The summed E-state index contributed by atoms with van der Waals surface area (Å²) in [6.45, 7) is 7.19. The van der Waals surface area contributed by atoms with E-state index >= 15 is 0 Å². The van der Waals surface area contributed by atoms with Gasteiger partial charge in [0.05, 0.1) is 11.4 Å². The maximum absolute atomic E-state index is 11.3. The number of nitrogens with zero attached hydrogens (tertiary/aromatic N) is 2. The van der Waals surface area contributed by atoms with Crippen LogP contribution in [0.1, 0.15) is 11.1 Å². The Kier molecular flexibility index (Phi) is 4.61. The highest BCUT2D eigenvalue weighted by atomic mass is 16.5. The summed E-state index contributed by atoms with van der Waals surface area (Å²) in [7, 11) is 0. The second kappa shape index (κ2) is 6.61. The van der Waals surface area contributed by atoms with Crippen molar-refractivity contribution < 1.29 is 9.53 Å². The largest absolute Gasteiger partial charge is 0.423 e. The van der Waals surface area contributed by atoms with Crippen LogP contribution in [0.5, 0.6) is 5.75 Å². The van der Waals surface area contributed by atoms with Gasteiger partial charge in [0.2, 0.25) is 0 Å². The number of ether oxygens (including phenoxy) is 1. The third-order valence-corrected chi connectivity index (χ3v) is 3.01. The molecule has 106 valence electrons. The van der Waals surface area contributed by atoms with Crippen molar-refractivity contribution in [3.63, 3.8) is 0 Å². The van der Waals surface area contributed by atoms with Crippen molar-refractivity contribution in [1.82, 2.24) is 0 Å². The SMILES string of the molecule is C=CC(=O)Oc1cccc(N=Nc2ccccc2C)c1C. The van der Waals surface area contributed by atoms with Gasteiger partial charge in [-0.2, -0.15) is 10.2 Å². The summed E-state index contributed by atoms with van der Waals surface area (Å²) in [6.07, 6.45) is 1.13. The molecule has 2 rings (SSSR count). The molecule has 0 unspecified atom stereocenters. The Balaban J connectivity index is 2.29. The molecule has 0 atom stereocenters. The zero-order chi connectivity index (χ0) is 15.2. The summed E-state index contributed by atoms with van der Waals surface area (Å²) in [6, 6.07) is 13.0. The van der Waals surface area contributed by atoms with Gasteiger partial charge in [0.25, 0.3) is 0 Å². The van der Waals surface area contributed by atoms with E-state index in [2.05, 4.69) is 16.8 Å². The molecule has 0 aliphatic carbocycles. The minimum Gasteiger partial charge on any atom is -0.423 e.